The minimum atomic E-state index is -4.56. The van der Waals surface area contributed by atoms with Gasteiger partial charge in [-0.1, -0.05) is 0 Å². The molecule has 4 heterocycles. The number of nitrogens with one attached hydrogen (secondary N) is 1. The van der Waals surface area contributed by atoms with E-state index in [1.807, 2.05) is 25.4 Å². The molecule has 0 radical (unpaired) electrons. The number of hydrogen-bond donors (Lipinski definition) is 1. The lowest BCUT2D eigenvalue weighted by Gasteiger charge is -2.36. The minimum Gasteiger partial charge on any atom is -0.454 e. The highest BCUT2D eigenvalue weighted by atomic mass is 19.4. The molecule has 6 rings (SSSR count). The van der Waals surface area contributed by atoms with Crippen LogP contribution in [0.25, 0.3) is 22.3 Å². The molecule has 38 heavy (non-hydrogen) atoms. The normalized spacial score (nSPS) is 13.7. The molecule has 0 saturated carbocycles. The van der Waals surface area contributed by atoms with E-state index in [4.69, 9.17) is 4.74 Å². The first-order valence-electron chi connectivity index (χ1n) is 11.3. The Kier molecular flexibility index (Phi) is 5.43. The van der Waals surface area contributed by atoms with Gasteiger partial charge in [-0.2, -0.15) is 28.4 Å². The van der Waals surface area contributed by atoms with Gasteiger partial charge in [-0.05, 0) is 42.5 Å². The van der Waals surface area contributed by atoms with Crippen LogP contribution in [0.4, 0.5) is 35.2 Å². The topological polar surface area (TPSA) is 118 Å². The molecule has 2 aromatic carbocycles. The number of nitrogens with zero attached hydrogens (tertiary/aromatic N) is 8. The van der Waals surface area contributed by atoms with Crippen LogP contribution in [0.15, 0.2) is 61.2 Å². The summed E-state index contributed by atoms with van der Waals surface area (Å²) in [6, 6.07) is 11.4. The molecule has 11 nitrogen and oxygen atoms in total. The molecule has 5 aromatic rings. The molecular formula is C24H18F3N9O2. The van der Waals surface area contributed by atoms with Crippen LogP contribution in [0, 0.1) is 0 Å². The number of hydrogen-bond acceptors (Lipinski definition) is 7. The van der Waals surface area contributed by atoms with E-state index in [0.717, 1.165) is 16.5 Å². The number of aromatic amines is 1. The third-order valence-electron chi connectivity index (χ3n) is 5.88. The van der Waals surface area contributed by atoms with Crippen LogP contribution in [0.5, 0.6) is 6.01 Å². The predicted octanol–water partition coefficient (Wildman–Crippen LogP) is 4.37. The second-order valence-corrected chi connectivity index (χ2v) is 8.54. The van der Waals surface area contributed by atoms with Gasteiger partial charge in [0, 0.05) is 41.6 Å². The third-order valence-corrected chi connectivity index (χ3v) is 5.88. The molecule has 192 valence electrons. The Balaban J connectivity index is 1.41. The zero-order chi connectivity index (χ0) is 26.4. The van der Waals surface area contributed by atoms with E-state index in [1.54, 1.807) is 39.9 Å². The van der Waals surface area contributed by atoms with Crippen molar-refractivity contribution in [3.63, 3.8) is 0 Å². The van der Waals surface area contributed by atoms with Crippen molar-refractivity contribution in [3.8, 4) is 17.4 Å². The molecule has 0 atom stereocenters. The van der Waals surface area contributed by atoms with Crippen LogP contribution < -0.4 is 14.5 Å². The van der Waals surface area contributed by atoms with E-state index in [1.165, 1.54) is 17.4 Å². The standard InChI is InChI=1S/C24H18F3N9O2/c1-34-10-15-8-18(6-7-19(15)33-34)35-11-16-9-28-22(38-12-24(25,26)27)31-21(16)36(23(35)37)17-4-2-14(3-5-17)20-29-13-30-32-20/h2-10,13H,11-12H2,1H3,(H,29,30,32). The molecule has 0 spiro atoms. The number of aryl methyl sites for hydroxylation is 1. The van der Waals surface area contributed by atoms with Gasteiger partial charge in [0.25, 0.3) is 0 Å². The Morgan fingerprint density at radius 3 is 2.61 bits per heavy atom. The van der Waals surface area contributed by atoms with Crippen molar-refractivity contribution < 1.29 is 22.7 Å². The molecule has 1 aliphatic rings. The van der Waals surface area contributed by atoms with Crippen molar-refractivity contribution in [2.24, 2.45) is 7.05 Å². The Bertz CT molecular complexity index is 1630. The lowest BCUT2D eigenvalue weighted by atomic mass is 10.1. The second-order valence-electron chi connectivity index (χ2n) is 8.54. The van der Waals surface area contributed by atoms with Crippen LogP contribution in [-0.4, -0.2) is 53.7 Å². The van der Waals surface area contributed by atoms with E-state index in [9.17, 15) is 18.0 Å². The largest absolute Gasteiger partial charge is 0.454 e. The fourth-order valence-electron chi connectivity index (χ4n) is 4.20. The van der Waals surface area contributed by atoms with Gasteiger partial charge in [0.15, 0.2) is 18.2 Å². The number of amides is 2. The zero-order valence-electron chi connectivity index (χ0n) is 19.7. The average molecular weight is 521 g/mol. The van der Waals surface area contributed by atoms with Gasteiger partial charge in [-0.3, -0.25) is 14.7 Å². The van der Waals surface area contributed by atoms with Gasteiger partial charge in [0.2, 0.25) is 0 Å². The molecule has 0 saturated heterocycles. The van der Waals surface area contributed by atoms with Crippen molar-refractivity contribution in [2.45, 2.75) is 12.7 Å². The Labute approximate surface area is 212 Å². The second kappa shape index (κ2) is 8.83. The molecule has 0 bridgehead atoms. The molecule has 0 unspecified atom stereocenters. The third kappa shape index (κ3) is 4.36. The van der Waals surface area contributed by atoms with E-state index in [-0.39, 0.29) is 12.4 Å². The number of carbonyl (C=O) groups excluding carboxylic acids is 1. The number of rotatable bonds is 5. The van der Waals surface area contributed by atoms with E-state index >= 15 is 0 Å². The Morgan fingerprint density at radius 2 is 1.87 bits per heavy atom. The molecule has 3 aromatic heterocycles. The van der Waals surface area contributed by atoms with Gasteiger partial charge in [-0.25, -0.2) is 19.7 Å². The van der Waals surface area contributed by atoms with Crippen molar-refractivity contribution in [2.75, 3.05) is 16.4 Å². The van der Waals surface area contributed by atoms with Gasteiger partial charge in [0.05, 0.1) is 17.7 Å². The zero-order valence-corrected chi connectivity index (χ0v) is 19.7. The summed E-state index contributed by atoms with van der Waals surface area (Å²) in [5, 5.41) is 11.8. The first-order valence-corrected chi connectivity index (χ1v) is 11.3. The number of halogens is 3. The quantitative estimate of drug-likeness (QED) is 0.365. The van der Waals surface area contributed by atoms with E-state index in [0.29, 0.717) is 22.8 Å². The highest BCUT2D eigenvalue weighted by Crippen LogP contribution is 2.37. The van der Waals surface area contributed by atoms with Crippen LogP contribution in [0.1, 0.15) is 5.56 Å². The molecule has 0 fully saturated rings. The first kappa shape index (κ1) is 23.4. The van der Waals surface area contributed by atoms with Crippen molar-refractivity contribution in [1.29, 1.82) is 0 Å². The maximum atomic E-state index is 13.9. The molecule has 14 heteroatoms. The van der Waals surface area contributed by atoms with Crippen LogP contribution >= 0.6 is 0 Å². The van der Waals surface area contributed by atoms with E-state index in [2.05, 4.69) is 30.2 Å². The summed E-state index contributed by atoms with van der Waals surface area (Å²) in [7, 11) is 1.81. The monoisotopic (exact) mass is 521 g/mol. The summed E-state index contributed by atoms with van der Waals surface area (Å²) >= 11 is 0. The predicted molar refractivity (Wildman–Crippen MR) is 130 cm³/mol. The minimum absolute atomic E-state index is 0.103. The summed E-state index contributed by atoms with van der Waals surface area (Å²) in [4.78, 5) is 29.0. The Hall–Kier alpha value is -5.01. The number of H-pyrrole nitrogens is 1. The van der Waals surface area contributed by atoms with Crippen molar-refractivity contribution in [3.05, 3.63) is 66.7 Å². The number of benzene rings is 2. The van der Waals surface area contributed by atoms with Crippen molar-refractivity contribution >= 4 is 34.1 Å². The lowest BCUT2D eigenvalue weighted by molar-refractivity contribution is -0.154. The maximum absolute atomic E-state index is 13.9. The summed E-state index contributed by atoms with van der Waals surface area (Å²) in [5.41, 5.74) is 3.07. The fraction of sp³-hybridized carbons (Fsp3) is 0.167. The maximum Gasteiger partial charge on any atom is 0.422 e. The summed E-state index contributed by atoms with van der Waals surface area (Å²) in [6.45, 7) is -1.45. The number of anilines is 3. The van der Waals surface area contributed by atoms with Crippen molar-refractivity contribution in [1.82, 2.24) is 34.9 Å². The number of urea groups is 1. The average Bonchev–Trinajstić information content (AvgIpc) is 3.56. The van der Waals surface area contributed by atoms with Gasteiger partial charge >= 0.3 is 18.2 Å². The summed E-state index contributed by atoms with van der Waals surface area (Å²) in [5.74, 6) is 0.673. The molecule has 2 amide bonds. The number of carbonyl (C=O) groups is 1. The smallest absolute Gasteiger partial charge is 0.422 e. The molecular weight excluding hydrogens is 503 g/mol. The van der Waals surface area contributed by atoms with E-state index < -0.39 is 24.8 Å². The number of aromatic nitrogens is 7. The lowest BCUT2D eigenvalue weighted by Crippen LogP contribution is -2.45. The summed E-state index contributed by atoms with van der Waals surface area (Å²) < 4.78 is 44.6. The first-order chi connectivity index (χ1) is 18.2. The fourth-order valence-corrected chi connectivity index (χ4v) is 4.20. The highest BCUT2D eigenvalue weighted by Gasteiger charge is 2.35. The number of fused-ring (bicyclic) bond motifs is 2. The van der Waals surface area contributed by atoms with Gasteiger partial charge in [0.1, 0.15) is 6.33 Å². The van der Waals surface area contributed by atoms with Gasteiger partial charge < -0.3 is 4.74 Å². The highest BCUT2D eigenvalue weighted by molar-refractivity contribution is 6.10. The van der Waals surface area contributed by atoms with Crippen LogP contribution in [-0.2, 0) is 13.6 Å². The molecule has 1 N–H and O–H groups in total. The van der Waals surface area contributed by atoms with Crippen LogP contribution in [0.2, 0.25) is 0 Å². The molecule has 1 aliphatic heterocycles. The SMILES string of the molecule is Cn1cc2cc(N3Cc4cnc(OCC(F)(F)F)nc4N(c4ccc(-c5ncn[nH]5)cc4)C3=O)ccc2n1. The number of ether oxygens (including phenoxy) is 1. The Morgan fingerprint density at radius 1 is 1.08 bits per heavy atom. The molecule has 0 aliphatic carbocycles. The summed E-state index contributed by atoms with van der Waals surface area (Å²) in [6.07, 6.45) is 0.0254. The number of alkyl halides is 3. The van der Waals surface area contributed by atoms with Gasteiger partial charge in [-0.15, -0.1) is 0 Å². The van der Waals surface area contributed by atoms with Crippen LogP contribution in [0.3, 0.4) is 0 Å².